The molecular formula is C11H16N4OS. The number of hydrogen-bond acceptors (Lipinski definition) is 5. The number of likely N-dealkylation sites (tertiary alicyclic amines) is 1. The summed E-state index contributed by atoms with van der Waals surface area (Å²) in [5.74, 6) is 1.42. The largest absolute Gasteiger partial charge is 0.337 e. The fourth-order valence-electron chi connectivity index (χ4n) is 2.77. The van der Waals surface area contributed by atoms with Gasteiger partial charge in [-0.25, -0.2) is 0 Å². The number of carbonyl (C=O) groups excluding carboxylic acids is 1. The van der Waals surface area contributed by atoms with Crippen molar-refractivity contribution in [3.63, 3.8) is 0 Å². The lowest BCUT2D eigenvalue weighted by atomic mass is 10.0. The molecule has 0 saturated carbocycles. The number of aryl methyl sites for hydroxylation is 1. The second-order valence-corrected chi connectivity index (χ2v) is 5.54. The van der Waals surface area contributed by atoms with Crippen molar-refractivity contribution in [1.82, 2.24) is 19.8 Å². The number of fused-ring (bicyclic) bond motifs is 1. The van der Waals surface area contributed by atoms with Crippen LogP contribution < -0.4 is 5.32 Å². The third-order valence-corrected chi connectivity index (χ3v) is 4.52. The number of hydrogen-bond donors (Lipinski definition) is 1. The van der Waals surface area contributed by atoms with Crippen LogP contribution in [0.25, 0.3) is 0 Å². The maximum Gasteiger partial charge on any atom is 0.267 e. The van der Waals surface area contributed by atoms with Crippen molar-refractivity contribution in [3.8, 4) is 0 Å². The van der Waals surface area contributed by atoms with E-state index in [9.17, 15) is 4.79 Å². The average molecular weight is 252 g/mol. The van der Waals surface area contributed by atoms with Gasteiger partial charge in [0.05, 0.1) is 5.69 Å². The normalized spacial score (nSPS) is 27.5. The van der Waals surface area contributed by atoms with Gasteiger partial charge in [0.2, 0.25) is 0 Å². The zero-order valence-corrected chi connectivity index (χ0v) is 10.7. The minimum absolute atomic E-state index is 0.131. The van der Waals surface area contributed by atoms with E-state index in [1.807, 2.05) is 11.8 Å². The first-order valence-corrected chi connectivity index (χ1v) is 6.88. The van der Waals surface area contributed by atoms with E-state index in [4.69, 9.17) is 0 Å². The summed E-state index contributed by atoms with van der Waals surface area (Å²) in [5, 5.41) is 7.39. The van der Waals surface area contributed by atoms with Crippen LogP contribution in [0, 0.1) is 11.8 Å². The first kappa shape index (κ1) is 11.1. The van der Waals surface area contributed by atoms with E-state index in [-0.39, 0.29) is 5.91 Å². The Kier molecular flexibility index (Phi) is 2.84. The number of nitrogens with one attached hydrogen (secondary N) is 1. The van der Waals surface area contributed by atoms with E-state index in [2.05, 4.69) is 14.9 Å². The van der Waals surface area contributed by atoms with Gasteiger partial charge >= 0.3 is 0 Å². The third-order valence-electron chi connectivity index (χ3n) is 3.76. The van der Waals surface area contributed by atoms with Crippen molar-refractivity contribution >= 4 is 17.4 Å². The van der Waals surface area contributed by atoms with Gasteiger partial charge in [0.25, 0.3) is 5.91 Å². The molecule has 3 heterocycles. The maximum atomic E-state index is 12.4. The fourth-order valence-corrected chi connectivity index (χ4v) is 3.49. The van der Waals surface area contributed by atoms with Gasteiger partial charge in [0, 0.05) is 26.2 Å². The van der Waals surface area contributed by atoms with Crippen LogP contribution in [0.1, 0.15) is 22.3 Å². The van der Waals surface area contributed by atoms with Crippen molar-refractivity contribution in [2.75, 3.05) is 26.2 Å². The van der Waals surface area contributed by atoms with Gasteiger partial charge in [-0.2, -0.15) is 0 Å². The summed E-state index contributed by atoms with van der Waals surface area (Å²) in [5.41, 5.74) is 0.843. The Hall–Kier alpha value is -1.01. The molecule has 0 aliphatic carbocycles. The summed E-state index contributed by atoms with van der Waals surface area (Å²) in [6, 6.07) is 0. The second kappa shape index (κ2) is 4.34. The highest BCUT2D eigenvalue weighted by molar-refractivity contribution is 7.08. The van der Waals surface area contributed by atoms with E-state index in [1.54, 1.807) is 0 Å². The van der Waals surface area contributed by atoms with Gasteiger partial charge in [0.1, 0.15) is 4.88 Å². The van der Waals surface area contributed by atoms with E-state index in [0.29, 0.717) is 11.8 Å². The standard InChI is InChI=1S/C11H16N4OS/c1-2-9-10(17-14-13-9)11(16)15-5-7-3-12-4-8(7)6-15/h7-8,12H,2-6H2,1H3/t7-,8+. The van der Waals surface area contributed by atoms with Crippen LogP contribution in [-0.2, 0) is 6.42 Å². The molecule has 0 spiro atoms. The summed E-state index contributed by atoms with van der Waals surface area (Å²) in [4.78, 5) is 15.1. The molecule has 1 aromatic rings. The van der Waals surface area contributed by atoms with E-state index in [0.717, 1.165) is 43.2 Å². The van der Waals surface area contributed by atoms with Crippen molar-refractivity contribution in [1.29, 1.82) is 0 Å². The van der Waals surface area contributed by atoms with E-state index in [1.165, 1.54) is 11.5 Å². The van der Waals surface area contributed by atoms with Gasteiger partial charge in [-0.3, -0.25) is 4.79 Å². The summed E-state index contributed by atoms with van der Waals surface area (Å²) >= 11 is 1.23. The summed E-state index contributed by atoms with van der Waals surface area (Å²) in [6.07, 6.45) is 0.778. The molecule has 0 radical (unpaired) electrons. The Bertz CT molecular complexity index is 421. The number of aromatic nitrogens is 2. The molecule has 0 unspecified atom stereocenters. The minimum Gasteiger partial charge on any atom is -0.337 e. The molecule has 92 valence electrons. The van der Waals surface area contributed by atoms with Gasteiger partial charge < -0.3 is 10.2 Å². The van der Waals surface area contributed by atoms with Crippen molar-refractivity contribution in [2.45, 2.75) is 13.3 Å². The second-order valence-electron chi connectivity index (χ2n) is 4.79. The minimum atomic E-state index is 0.131. The molecular weight excluding hydrogens is 236 g/mol. The van der Waals surface area contributed by atoms with E-state index < -0.39 is 0 Å². The zero-order valence-electron chi connectivity index (χ0n) is 9.85. The predicted octanol–water partition coefficient (Wildman–Crippen LogP) is 0.392. The number of nitrogens with zero attached hydrogens (tertiary/aromatic N) is 3. The highest BCUT2D eigenvalue weighted by Crippen LogP contribution is 2.28. The third kappa shape index (κ3) is 1.85. The average Bonchev–Trinajstić information content (AvgIpc) is 3.02. The molecule has 5 nitrogen and oxygen atoms in total. The van der Waals surface area contributed by atoms with Crippen LogP contribution in [0.5, 0.6) is 0 Å². The summed E-state index contributed by atoms with van der Waals surface area (Å²) < 4.78 is 3.89. The lowest BCUT2D eigenvalue weighted by molar-refractivity contribution is 0.0785. The molecule has 1 N–H and O–H groups in total. The van der Waals surface area contributed by atoms with Crippen molar-refractivity contribution < 1.29 is 4.79 Å². The lowest BCUT2D eigenvalue weighted by Gasteiger charge is -2.16. The molecule has 2 fully saturated rings. The number of rotatable bonds is 2. The van der Waals surface area contributed by atoms with Crippen LogP contribution in [0.3, 0.4) is 0 Å². The predicted molar refractivity (Wildman–Crippen MR) is 65.0 cm³/mol. The molecule has 0 bridgehead atoms. The zero-order chi connectivity index (χ0) is 11.8. The van der Waals surface area contributed by atoms with Crippen LogP contribution >= 0.6 is 11.5 Å². The first-order chi connectivity index (χ1) is 8.29. The summed E-state index contributed by atoms with van der Waals surface area (Å²) in [6.45, 7) is 5.89. The van der Waals surface area contributed by atoms with Crippen molar-refractivity contribution in [2.24, 2.45) is 11.8 Å². The van der Waals surface area contributed by atoms with Gasteiger partial charge in [-0.1, -0.05) is 11.4 Å². The SMILES string of the molecule is CCc1nnsc1C(=O)N1C[C@H]2CNC[C@H]2C1. The smallest absolute Gasteiger partial charge is 0.267 e. The number of amides is 1. The molecule has 2 aliphatic heterocycles. The number of carbonyl (C=O) groups is 1. The highest BCUT2D eigenvalue weighted by Gasteiger charge is 2.39. The van der Waals surface area contributed by atoms with Crippen LogP contribution in [-0.4, -0.2) is 46.6 Å². The molecule has 6 heteroatoms. The molecule has 1 aromatic heterocycles. The highest BCUT2D eigenvalue weighted by atomic mass is 32.1. The molecule has 2 saturated heterocycles. The molecule has 2 atom stereocenters. The topological polar surface area (TPSA) is 58.1 Å². The summed E-state index contributed by atoms with van der Waals surface area (Å²) in [7, 11) is 0. The molecule has 0 aromatic carbocycles. The Morgan fingerprint density at radius 3 is 2.82 bits per heavy atom. The molecule has 17 heavy (non-hydrogen) atoms. The van der Waals surface area contributed by atoms with Gasteiger partial charge in [-0.05, 0) is 29.8 Å². The quantitative estimate of drug-likeness (QED) is 0.827. The maximum absolute atomic E-state index is 12.4. The van der Waals surface area contributed by atoms with Gasteiger partial charge in [0.15, 0.2) is 0 Å². The Balaban J connectivity index is 1.75. The van der Waals surface area contributed by atoms with Crippen molar-refractivity contribution in [3.05, 3.63) is 10.6 Å². The molecule has 3 rings (SSSR count). The van der Waals surface area contributed by atoms with Crippen LogP contribution in [0.4, 0.5) is 0 Å². The Morgan fingerprint density at radius 1 is 1.47 bits per heavy atom. The van der Waals surface area contributed by atoms with Crippen LogP contribution in [0.15, 0.2) is 0 Å². The Morgan fingerprint density at radius 2 is 2.18 bits per heavy atom. The molecule has 2 aliphatic rings. The first-order valence-electron chi connectivity index (χ1n) is 6.10. The lowest BCUT2D eigenvalue weighted by Crippen LogP contribution is -2.31. The van der Waals surface area contributed by atoms with Gasteiger partial charge in [-0.15, -0.1) is 5.10 Å². The van der Waals surface area contributed by atoms with E-state index >= 15 is 0 Å². The fraction of sp³-hybridized carbons (Fsp3) is 0.727. The Labute approximate surface area is 104 Å². The molecule has 1 amide bonds. The van der Waals surface area contributed by atoms with Crippen LogP contribution in [0.2, 0.25) is 0 Å². The monoisotopic (exact) mass is 252 g/mol.